The lowest BCUT2D eigenvalue weighted by Gasteiger charge is -2.22. The summed E-state index contributed by atoms with van der Waals surface area (Å²) in [6.45, 7) is 5.71. The number of aromatic amines is 1. The number of imidazole rings is 1. The predicted octanol–water partition coefficient (Wildman–Crippen LogP) is 5.57. The molecule has 0 spiro atoms. The van der Waals surface area contributed by atoms with Crippen LogP contribution in [0.5, 0.6) is 0 Å². The van der Waals surface area contributed by atoms with Gasteiger partial charge in [0.1, 0.15) is 5.82 Å². The van der Waals surface area contributed by atoms with Gasteiger partial charge in [0.2, 0.25) is 0 Å². The number of nitrogens with one attached hydrogen (secondary N) is 2. The molecule has 2 heterocycles. The fourth-order valence-electron chi connectivity index (χ4n) is 4.46. The molecule has 1 aromatic heterocycles. The van der Waals surface area contributed by atoms with Crippen molar-refractivity contribution in [3.8, 4) is 22.4 Å². The Balaban J connectivity index is 1.57. The maximum Gasteiger partial charge on any atom is 0.123 e. The summed E-state index contributed by atoms with van der Waals surface area (Å²) in [5.41, 5.74) is 7.78. The van der Waals surface area contributed by atoms with E-state index < -0.39 is 0 Å². The number of hydrogen-bond donors (Lipinski definition) is 2. The molecule has 1 aliphatic heterocycles. The molecule has 1 unspecified atom stereocenters. The van der Waals surface area contributed by atoms with Crippen molar-refractivity contribution in [2.45, 2.75) is 38.1 Å². The molecule has 1 aliphatic carbocycles. The van der Waals surface area contributed by atoms with Crippen molar-refractivity contribution in [1.29, 1.82) is 0 Å². The van der Waals surface area contributed by atoms with Crippen LogP contribution in [0.4, 0.5) is 0 Å². The average Bonchev–Trinajstić information content (AvgIpc) is 3.35. The van der Waals surface area contributed by atoms with E-state index in [2.05, 4.69) is 81.5 Å². The average molecular weight is 408 g/mol. The second-order valence-corrected chi connectivity index (χ2v) is 8.82. The minimum Gasteiger partial charge on any atom is -0.341 e. The first-order valence-corrected chi connectivity index (χ1v) is 10.1. The van der Waals surface area contributed by atoms with Gasteiger partial charge in [0, 0.05) is 9.89 Å². The summed E-state index contributed by atoms with van der Waals surface area (Å²) in [7, 11) is 0. The van der Waals surface area contributed by atoms with Gasteiger partial charge in [-0.05, 0) is 65.4 Å². The summed E-state index contributed by atoms with van der Waals surface area (Å²) in [6.07, 6.45) is 4.36. The van der Waals surface area contributed by atoms with Crippen LogP contribution in [-0.4, -0.2) is 16.5 Å². The first-order valence-electron chi connectivity index (χ1n) is 9.27. The molecule has 0 bridgehead atoms. The zero-order valence-corrected chi connectivity index (χ0v) is 16.7. The third-order valence-corrected chi connectivity index (χ3v) is 6.43. The molecule has 3 nitrogen and oxygen atoms in total. The van der Waals surface area contributed by atoms with Gasteiger partial charge in [-0.3, -0.25) is 0 Å². The number of halogens is 1. The quantitative estimate of drug-likeness (QED) is 0.582. The molecular formula is C22H22BrN3. The van der Waals surface area contributed by atoms with E-state index in [1.54, 1.807) is 0 Å². The normalized spacial score (nSPS) is 20.2. The van der Waals surface area contributed by atoms with Crippen molar-refractivity contribution in [1.82, 2.24) is 15.3 Å². The Morgan fingerprint density at radius 2 is 1.85 bits per heavy atom. The zero-order chi connectivity index (χ0) is 17.9. The van der Waals surface area contributed by atoms with Crippen LogP contribution in [0.3, 0.4) is 0 Å². The summed E-state index contributed by atoms with van der Waals surface area (Å²) < 4.78 is 1.14. The maximum atomic E-state index is 4.63. The smallest absolute Gasteiger partial charge is 0.123 e. The van der Waals surface area contributed by atoms with Crippen LogP contribution in [0.1, 0.15) is 49.7 Å². The van der Waals surface area contributed by atoms with Gasteiger partial charge in [-0.1, -0.05) is 48.0 Å². The van der Waals surface area contributed by atoms with Crippen LogP contribution >= 0.6 is 15.9 Å². The van der Waals surface area contributed by atoms with Crippen LogP contribution in [0.2, 0.25) is 0 Å². The Bertz CT molecular complexity index is 996. The number of hydrogen-bond acceptors (Lipinski definition) is 2. The van der Waals surface area contributed by atoms with E-state index in [-0.39, 0.29) is 5.41 Å². The van der Waals surface area contributed by atoms with Gasteiger partial charge in [0.25, 0.3) is 0 Å². The highest BCUT2D eigenvalue weighted by atomic mass is 79.9. The molecule has 0 amide bonds. The first kappa shape index (κ1) is 16.3. The van der Waals surface area contributed by atoms with Crippen LogP contribution in [0.15, 0.2) is 47.1 Å². The van der Waals surface area contributed by atoms with Gasteiger partial charge >= 0.3 is 0 Å². The predicted molar refractivity (Wildman–Crippen MR) is 109 cm³/mol. The van der Waals surface area contributed by atoms with Crippen molar-refractivity contribution in [2.24, 2.45) is 0 Å². The van der Waals surface area contributed by atoms with Crippen LogP contribution in [0, 0.1) is 0 Å². The Labute approximate surface area is 162 Å². The second-order valence-electron chi connectivity index (χ2n) is 7.91. The van der Waals surface area contributed by atoms with Crippen LogP contribution < -0.4 is 5.32 Å². The largest absolute Gasteiger partial charge is 0.341 e. The van der Waals surface area contributed by atoms with E-state index in [0.717, 1.165) is 29.0 Å². The molecule has 0 radical (unpaired) electrons. The highest BCUT2D eigenvalue weighted by Crippen LogP contribution is 2.50. The fourth-order valence-corrected chi connectivity index (χ4v) is 4.82. The number of H-pyrrole nitrogens is 1. The van der Waals surface area contributed by atoms with E-state index in [9.17, 15) is 0 Å². The van der Waals surface area contributed by atoms with Crippen molar-refractivity contribution in [3.63, 3.8) is 0 Å². The topological polar surface area (TPSA) is 40.7 Å². The maximum absolute atomic E-state index is 4.63. The van der Waals surface area contributed by atoms with Crippen molar-refractivity contribution >= 4 is 15.9 Å². The molecule has 3 aromatic rings. The number of fused-ring (bicyclic) bond motifs is 3. The van der Waals surface area contributed by atoms with Gasteiger partial charge in [-0.15, -0.1) is 0 Å². The molecule has 132 valence electrons. The van der Waals surface area contributed by atoms with E-state index in [0.29, 0.717) is 6.04 Å². The Morgan fingerprint density at radius 3 is 2.62 bits per heavy atom. The summed E-state index contributed by atoms with van der Waals surface area (Å²) in [5.74, 6) is 1.06. The van der Waals surface area contributed by atoms with Gasteiger partial charge in [0.05, 0.1) is 17.9 Å². The lowest BCUT2D eigenvalue weighted by molar-refractivity contribution is 0.613. The van der Waals surface area contributed by atoms with E-state index in [1.807, 2.05) is 6.20 Å². The molecule has 4 heteroatoms. The highest BCUT2D eigenvalue weighted by molar-refractivity contribution is 9.10. The monoisotopic (exact) mass is 407 g/mol. The molecule has 2 N–H and O–H groups in total. The van der Waals surface area contributed by atoms with E-state index >= 15 is 0 Å². The van der Waals surface area contributed by atoms with E-state index in [1.165, 1.54) is 34.2 Å². The van der Waals surface area contributed by atoms with Gasteiger partial charge in [-0.25, -0.2) is 4.98 Å². The third kappa shape index (κ3) is 2.39. The molecule has 1 fully saturated rings. The van der Waals surface area contributed by atoms with Gasteiger partial charge in [-0.2, -0.15) is 0 Å². The highest BCUT2D eigenvalue weighted by Gasteiger charge is 2.35. The zero-order valence-electron chi connectivity index (χ0n) is 15.1. The number of nitrogens with zero attached hydrogens (tertiary/aromatic N) is 1. The Hall–Kier alpha value is -1.91. The number of aromatic nitrogens is 2. The molecule has 5 rings (SSSR count). The minimum absolute atomic E-state index is 0.000314. The SMILES string of the molecule is CC1(C)c2cc(Br)ccc2-c2ccc(-c3cnc(C4CCCN4)[nH]3)cc21. The van der Waals surface area contributed by atoms with Gasteiger partial charge in [0.15, 0.2) is 0 Å². The molecular weight excluding hydrogens is 386 g/mol. The molecule has 1 atom stereocenters. The van der Waals surface area contributed by atoms with Crippen LogP contribution in [0.25, 0.3) is 22.4 Å². The van der Waals surface area contributed by atoms with Gasteiger partial charge < -0.3 is 10.3 Å². The molecule has 0 saturated carbocycles. The molecule has 1 saturated heterocycles. The van der Waals surface area contributed by atoms with E-state index in [4.69, 9.17) is 0 Å². The molecule has 26 heavy (non-hydrogen) atoms. The van der Waals surface area contributed by atoms with Crippen molar-refractivity contribution < 1.29 is 0 Å². The summed E-state index contributed by atoms with van der Waals surface area (Å²) in [6, 6.07) is 13.8. The first-order chi connectivity index (χ1) is 12.5. The lowest BCUT2D eigenvalue weighted by Crippen LogP contribution is -2.15. The summed E-state index contributed by atoms with van der Waals surface area (Å²) in [5, 5.41) is 3.51. The summed E-state index contributed by atoms with van der Waals surface area (Å²) >= 11 is 3.63. The third-order valence-electron chi connectivity index (χ3n) is 5.93. The van der Waals surface area contributed by atoms with Crippen molar-refractivity contribution in [3.05, 3.63) is 64.0 Å². The van der Waals surface area contributed by atoms with Crippen LogP contribution in [-0.2, 0) is 5.41 Å². The number of benzene rings is 2. The molecule has 2 aromatic carbocycles. The lowest BCUT2D eigenvalue weighted by atomic mass is 9.82. The summed E-state index contributed by atoms with van der Waals surface area (Å²) in [4.78, 5) is 8.17. The second kappa shape index (κ2) is 5.80. The Morgan fingerprint density at radius 1 is 1.08 bits per heavy atom. The minimum atomic E-state index is 0.000314. The standard InChI is InChI=1S/C22H22BrN3/c1-22(2)17-10-13(20-12-25-21(26-20)19-4-3-9-24-19)5-7-15(17)16-8-6-14(23)11-18(16)22/h5-8,10-12,19,24H,3-4,9H2,1-2H3,(H,25,26). The van der Waals surface area contributed by atoms with Crippen molar-refractivity contribution in [2.75, 3.05) is 6.54 Å². The fraction of sp³-hybridized carbons (Fsp3) is 0.318. The Kier molecular flexibility index (Phi) is 3.63. The number of rotatable bonds is 2. The molecule has 2 aliphatic rings.